The number of fused-ring (bicyclic) bond motifs is 1. The van der Waals surface area contributed by atoms with Gasteiger partial charge in [0, 0.05) is 22.4 Å². The molecule has 2 rings (SSSR count). The minimum absolute atomic E-state index is 0.626. The number of carbonyl (C=O) groups is 1. The summed E-state index contributed by atoms with van der Waals surface area (Å²) in [6.07, 6.45) is 0.840. The van der Waals surface area contributed by atoms with E-state index in [1.54, 1.807) is 6.07 Å². The second-order valence-electron chi connectivity index (χ2n) is 2.46. The van der Waals surface area contributed by atoms with Gasteiger partial charge in [-0.15, -0.1) is 4.52 Å². The van der Waals surface area contributed by atoms with E-state index in [0.717, 1.165) is 16.7 Å². The first-order chi connectivity index (χ1) is 5.90. The smallest absolute Gasteiger partial charge is 0.150 e. The predicted molar refractivity (Wildman–Crippen MR) is 46.2 cm³/mol. The van der Waals surface area contributed by atoms with E-state index < -0.39 is 0 Å². The van der Waals surface area contributed by atoms with E-state index in [2.05, 4.69) is 9.63 Å². The second kappa shape index (κ2) is 3.06. The molecule has 0 amide bonds. The summed E-state index contributed by atoms with van der Waals surface area (Å²) in [5, 5.41) is 3.87. The Morgan fingerprint density at radius 2 is 2.42 bits per heavy atom. The molecule has 0 aromatic heterocycles. The summed E-state index contributed by atoms with van der Waals surface area (Å²) in [4.78, 5) is 11.5. The van der Waals surface area contributed by atoms with Gasteiger partial charge in [0.1, 0.15) is 6.29 Å². The zero-order valence-corrected chi connectivity index (χ0v) is 7.04. The third kappa shape index (κ3) is 1.25. The van der Waals surface area contributed by atoms with E-state index in [-0.39, 0.29) is 0 Å². The van der Waals surface area contributed by atoms with Crippen molar-refractivity contribution in [2.45, 2.75) is 11.4 Å². The Kier molecular flexibility index (Phi) is 1.91. The average molecular weight is 178 g/mol. The number of carbonyl (C=O) groups excluding carboxylic acids is 1. The molecule has 0 aliphatic carbocycles. The van der Waals surface area contributed by atoms with Crippen molar-refractivity contribution in [3.8, 4) is 0 Å². The number of hydrogen-bond acceptors (Lipinski definition) is 4. The van der Waals surface area contributed by atoms with Gasteiger partial charge in [-0.3, -0.25) is 4.79 Å². The molecular weight excluding hydrogens is 172 g/mol. The highest BCUT2D eigenvalue weighted by Crippen LogP contribution is 2.29. The monoisotopic (exact) mass is 178 g/mol. The van der Waals surface area contributed by atoms with Gasteiger partial charge in [-0.25, -0.2) is 0 Å². The van der Waals surface area contributed by atoms with Crippen LogP contribution in [-0.4, -0.2) is 6.29 Å². The van der Waals surface area contributed by atoms with Gasteiger partial charge in [0.2, 0.25) is 0 Å². The van der Waals surface area contributed by atoms with E-state index >= 15 is 0 Å². The van der Waals surface area contributed by atoms with Crippen LogP contribution in [0, 0.1) is 0 Å². The van der Waals surface area contributed by atoms with Gasteiger partial charge in [-0.05, 0) is 11.6 Å². The molecule has 3 nitrogen and oxygen atoms in total. The van der Waals surface area contributed by atoms with Crippen LogP contribution in [0.2, 0.25) is 0 Å². The summed E-state index contributed by atoms with van der Waals surface area (Å²) in [6.45, 7) is 0.626. The molecular formula is C8H6N2OS. The van der Waals surface area contributed by atoms with E-state index in [0.29, 0.717) is 12.1 Å². The summed E-state index contributed by atoms with van der Waals surface area (Å²) in [5.74, 6) is 0. The maximum Gasteiger partial charge on any atom is 0.150 e. The molecule has 1 aliphatic heterocycles. The van der Waals surface area contributed by atoms with Crippen molar-refractivity contribution in [1.82, 2.24) is 0 Å². The third-order valence-electron chi connectivity index (χ3n) is 1.67. The lowest BCUT2D eigenvalue weighted by molar-refractivity contribution is 0.112. The van der Waals surface area contributed by atoms with Crippen molar-refractivity contribution in [2.24, 2.45) is 9.63 Å². The van der Waals surface area contributed by atoms with Gasteiger partial charge >= 0.3 is 0 Å². The molecule has 1 aromatic carbocycles. The summed E-state index contributed by atoms with van der Waals surface area (Å²) < 4.78 is 3.82. The summed E-state index contributed by atoms with van der Waals surface area (Å²) in [5.41, 5.74) is 1.83. The number of aldehydes is 1. The predicted octanol–water partition coefficient (Wildman–Crippen LogP) is 2.47. The van der Waals surface area contributed by atoms with Crippen LogP contribution in [0.4, 0.5) is 0 Å². The molecule has 1 aliphatic rings. The van der Waals surface area contributed by atoms with E-state index in [1.165, 1.54) is 11.9 Å². The van der Waals surface area contributed by atoms with Gasteiger partial charge in [-0.1, -0.05) is 12.1 Å². The molecule has 0 N–H and O–H groups in total. The van der Waals surface area contributed by atoms with Crippen LogP contribution in [-0.2, 0) is 6.54 Å². The molecule has 1 aromatic rings. The van der Waals surface area contributed by atoms with E-state index in [1.807, 2.05) is 12.1 Å². The molecule has 0 saturated carbocycles. The molecule has 0 radical (unpaired) electrons. The average Bonchev–Trinajstić information content (AvgIpc) is 2.17. The topological polar surface area (TPSA) is 41.8 Å². The minimum Gasteiger partial charge on any atom is -0.298 e. The Balaban J connectivity index is 2.46. The van der Waals surface area contributed by atoms with Gasteiger partial charge in [-0.2, -0.15) is 5.11 Å². The van der Waals surface area contributed by atoms with E-state index in [4.69, 9.17) is 0 Å². The lowest BCUT2D eigenvalue weighted by atomic mass is 10.1. The zero-order valence-electron chi connectivity index (χ0n) is 6.23. The Labute approximate surface area is 74.0 Å². The molecule has 0 atom stereocenters. The maximum atomic E-state index is 10.4. The third-order valence-corrected chi connectivity index (χ3v) is 2.44. The molecule has 0 spiro atoms. The van der Waals surface area contributed by atoms with Crippen LogP contribution in [0.3, 0.4) is 0 Å². The SMILES string of the molecule is O=Cc1ccc2c(c1)SN=NC2. The van der Waals surface area contributed by atoms with Crippen molar-refractivity contribution in [2.75, 3.05) is 0 Å². The second-order valence-corrected chi connectivity index (χ2v) is 3.24. The van der Waals surface area contributed by atoms with Crippen molar-refractivity contribution in [3.05, 3.63) is 29.3 Å². The van der Waals surface area contributed by atoms with Crippen LogP contribution in [0.1, 0.15) is 15.9 Å². The first-order valence-electron chi connectivity index (χ1n) is 3.52. The Hall–Kier alpha value is -1.16. The minimum atomic E-state index is 0.626. The largest absolute Gasteiger partial charge is 0.298 e. The van der Waals surface area contributed by atoms with Gasteiger partial charge < -0.3 is 0 Å². The summed E-state index contributed by atoms with van der Waals surface area (Å²) in [7, 11) is 0. The Bertz CT molecular complexity index is 349. The standard InChI is InChI=1S/C8H6N2OS/c11-5-6-1-2-7-4-9-10-12-8(7)3-6/h1-3,5H,4H2. The fourth-order valence-corrected chi connectivity index (χ4v) is 1.68. The lowest BCUT2D eigenvalue weighted by Crippen LogP contribution is -1.90. The lowest BCUT2D eigenvalue weighted by Gasteiger charge is -2.07. The van der Waals surface area contributed by atoms with Gasteiger partial charge in [0.15, 0.2) is 0 Å². The van der Waals surface area contributed by atoms with Crippen LogP contribution >= 0.6 is 11.9 Å². The molecule has 0 bridgehead atoms. The highest BCUT2D eigenvalue weighted by molar-refractivity contribution is 7.98. The fraction of sp³-hybridized carbons (Fsp3) is 0.125. The van der Waals surface area contributed by atoms with Crippen molar-refractivity contribution < 1.29 is 4.79 Å². The number of rotatable bonds is 1. The van der Waals surface area contributed by atoms with Crippen LogP contribution in [0.25, 0.3) is 0 Å². The molecule has 0 unspecified atom stereocenters. The zero-order chi connectivity index (χ0) is 8.39. The quantitative estimate of drug-likeness (QED) is 0.489. The van der Waals surface area contributed by atoms with Crippen LogP contribution < -0.4 is 0 Å². The highest BCUT2D eigenvalue weighted by Gasteiger charge is 2.07. The molecule has 0 fully saturated rings. The fourth-order valence-electron chi connectivity index (χ4n) is 1.04. The number of nitrogens with zero attached hydrogens (tertiary/aromatic N) is 2. The van der Waals surface area contributed by atoms with Gasteiger partial charge in [0.05, 0.1) is 6.54 Å². The first-order valence-corrected chi connectivity index (χ1v) is 4.29. The molecule has 12 heavy (non-hydrogen) atoms. The van der Waals surface area contributed by atoms with Crippen LogP contribution in [0.15, 0.2) is 32.7 Å². The normalized spacial score (nSPS) is 14.0. The number of hydrogen-bond donors (Lipinski definition) is 0. The first kappa shape index (κ1) is 7.49. The van der Waals surface area contributed by atoms with Crippen molar-refractivity contribution in [1.29, 1.82) is 0 Å². The Morgan fingerprint density at radius 3 is 3.25 bits per heavy atom. The molecule has 1 heterocycles. The van der Waals surface area contributed by atoms with Crippen molar-refractivity contribution >= 4 is 18.2 Å². The summed E-state index contributed by atoms with van der Waals surface area (Å²) in [6, 6.07) is 5.56. The molecule has 4 heteroatoms. The molecule has 60 valence electrons. The maximum absolute atomic E-state index is 10.4. The van der Waals surface area contributed by atoms with E-state index in [9.17, 15) is 4.79 Å². The van der Waals surface area contributed by atoms with Crippen molar-refractivity contribution in [3.63, 3.8) is 0 Å². The van der Waals surface area contributed by atoms with Crippen LogP contribution in [0.5, 0.6) is 0 Å². The summed E-state index contributed by atoms with van der Waals surface area (Å²) >= 11 is 1.32. The Morgan fingerprint density at radius 1 is 1.50 bits per heavy atom. The molecule has 0 saturated heterocycles. The van der Waals surface area contributed by atoms with Gasteiger partial charge in [0.25, 0.3) is 0 Å². The highest BCUT2D eigenvalue weighted by atomic mass is 32.2. The number of benzene rings is 1.